The number of ether oxygens (including phenoxy) is 4. The first kappa shape index (κ1) is 28.5. The van der Waals surface area contributed by atoms with E-state index in [1.807, 2.05) is 31.2 Å². The molecule has 0 bridgehead atoms. The Kier molecular flexibility index (Phi) is 10.0. The van der Waals surface area contributed by atoms with Crippen molar-refractivity contribution in [2.75, 3.05) is 28.4 Å². The minimum absolute atomic E-state index is 0.0410. The Bertz CT molecular complexity index is 1020. The van der Waals surface area contributed by atoms with Crippen LogP contribution in [0, 0.1) is 0 Å². The first-order valence-electron chi connectivity index (χ1n) is 11.8. The molecule has 0 aliphatic carbocycles. The summed E-state index contributed by atoms with van der Waals surface area (Å²) in [6, 6.07) is 7.04. The molecule has 0 saturated heterocycles. The molecule has 1 unspecified atom stereocenters. The van der Waals surface area contributed by atoms with Crippen LogP contribution in [0.4, 0.5) is 0 Å². The van der Waals surface area contributed by atoms with Crippen molar-refractivity contribution in [3.8, 4) is 28.7 Å². The third-order valence-corrected chi connectivity index (χ3v) is 8.84. The average Bonchev–Trinajstić information content (AvgIpc) is 2.84. The number of hydrogen-bond acceptors (Lipinski definition) is 7. The monoisotopic (exact) mass is 502 g/mol. The van der Waals surface area contributed by atoms with Gasteiger partial charge in [0.1, 0.15) is 11.5 Å². The van der Waals surface area contributed by atoms with Crippen molar-refractivity contribution in [1.29, 1.82) is 0 Å². The highest BCUT2D eigenvalue weighted by atomic mass is 28.3. The molecule has 0 spiro atoms. The van der Waals surface area contributed by atoms with E-state index in [-0.39, 0.29) is 10.8 Å². The van der Waals surface area contributed by atoms with Crippen LogP contribution in [0.3, 0.4) is 0 Å². The molecule has 0 amide bonds. The highest BCUT2D eigenvalue weighted by Crippen LogP contribution is 2.46. The van der Waals surface area contributed by atoms with Crippen molar-refractivity contribution in [2.24, 2.45) is 5.73 Å². The highest BCUT2D eigenvalue weighted by molar-refractivity contribution is 6.54. The van der Waals surface area contributed by atoms with E-state index >= 15 is 0 Å². The Labute approximate surface area is 211 Å². The highest BCUT2D eigenvalue weighted by Gasteiger charge is 2.29. The topological polar surface area (TPSA) is 89.2 Å². The molecule has 35 heavy (non-hydrogen) atoms. The number of Topliss-reactive ketones (excluding diaryl/α,β-unsaturated/α-hetero) is 1. The number of rotatable bonds is 12. The molecule has 1 radical (unpaired) electrons. The van der Waals surface area contributed by atoms with E-state index in [0.717, 1.165) is 16.7 Å². The first-order chi connectivity index (χ1) is 16.5. The second-order valence-corrected chi connectivity index (χ2v) is 12.2. The zero-order chi connectivity index (χ0) is 26.3. The van der Waals surface area contributed by atoms with E-state index in [9.17, 15) is 4.79 Å². The van der Waals surface area contributed by atoms with Gasteiger partial charge >= 0.3 is 0 Å². The van der Waals surface area contributed by atoms with Crippen LogP contribution in [-0.4, -0.2) is 43.3 Å². The molecule has 0 heterocycles. The number of aryl methyl sites for hydroxylation is 1. The maximum Gasteiger partial charge on any atom is 0.283 e. The van der Waals surface area contributed by atoms with Gasteiger partial charge < -0.3 is 29.1 Å². The summed E-state index contributed by atoms with van der Waals surface area (Å²) in [5.41, 5.74) is 9.34. The van der Waals surface area contributed by atoms with E-state index in [0.29, 0.717) is 48.0 Å². The summed E-state index contributed by atoms with van der Waals surface area (Å²) in [6.07, 6.45) is 1.40. The van der Waals surface area contributed by atoms with Crippen LogP contribution in [-0.2, 0) is 11.2 Å². The van der Waals surface area contributed by atoms with Gasteiger partial charge in [0.05, 0.1) is 34.5 Å². The summed E-state index contributed by atoms with van der Waals surface area (Å²) in [5, 5.41) is 0.0410. The predicted octanol–water partition coefficient (Wildman–Crippen LogP) is 5.48. The SMILES string of the molecule is CCC(=O)CCc1cc(OC)c(OC)c(OC)c1C(N)c1ccc(OC)c(O[Si](C)C(C)(C)C)c1. The molecule has 193 valence electrons. The molecular formula is C27H40NO6Si. The summed E-state index contributed by atoms with van der Waals surface area (Å²) in [7, 11) is 5.16. The molecule has 0 fully saturated rings. The van der Waals surface area contributed by atoms with Gasteiger partial charge in [-0.2, -0.15) is 0 Å². The van der Waals surface area contributed by atoms with E-state index in [2.05, 4.69) is 27.3 Å². The van der Waals surface area contributed by atoms with Gasteiger partial charge in [-0.15, -0.1) is 0 Å². The Morgan fingerprint density at radius 3 is 2.09 bits per heavy atom. The van der Waals surface area contributed by atoms with Crippen molar-refractivity contribution >= 4 is 14.8 Å². The molecule has 1 atom stereocenters. The van der Waals surface area contributed by atoms with Crippen LogP contribution in [0.5, 0.6) is 28.7 Å². The van der Waals surface area contributed by atoms with Crippen molar-refractivity contribution in [1.82, 2.24) is 0 Å². The van der Waals surface area contributed by atoms with Crippen LogP contribution in [0.15, 0.2) is 24.3 Å². The van der Waals surface area contributed by atoms with Gasteiger partial charge in [0.2, 0.25) is 5.75 Å². The molecule has 2 aromatic carbocycles. The van der Waals surface area contributed by atoms with Crippen LogP contribution in [0.1, 0.15) is 63.3 Å². The molecule has 0 saturated carbocycles. The zero-order valence-electron chi connectivity index (χ0n) is 22.5. The van der Waals surface area contributed by atoms with Gasteiger partial charge in [0.15, 0.2) is 17.2 Å². The molecule has 2 N–H and O–H groups in total. The van der Waals surface area contributed by atoms with Crippen LogP contribution in [0.2, 0.25) is 11.6 Å². The minimum Gasteiger partial charge on any atom is -0.539 e. The van der Waals surface area contributed by atoms with Gasteiger partial charge in [-0.05, 0) is 47.3 Å². The van der Waals surface area contributed by atoms with E-state index in [4.69, 9.17) is 29.1 Å². The van der Waals surface area contributed by atoms with Gasteiger partial charge in [0, 0.05) is 18.4 Å². The molecule has 0 aromatic heterocycles. The summed E-state index contributed by atoms with van der Waals surface area (Å²) in [6.45, 7) is 10.5. The third-order valence-electron chi connectivity index (χ3n) is 6.20. The third kappa shape index (κ3) is 6.70. The standard InChI is InChI=1S/C27H40NO6Si/c1-10-19(29)13-11-17-15-22(31-6)25(32-7)26(33-8)23(17)24(28)18-12-14-20(30-5)21(16-18)34-35(9)27(2,3)4/h12,14-16,24H,10-11,13,28H2,1-9H3. The van der Waals surface area contributed by atoms with Crippen molar-refractivity contribution in [3.63, 3.8) is 0 Å². The fourth-order valence-electron chi connectivity index (χ4n) is 3.68. The Morgan fingerprint density at radius 1 is 0.943 bits per heavy atom. The normalized spacial score (nSPS) is 12.3. The zero-order valence-corrected chi connectivity index (χ0v) is 23.5. The second kappa shape index (κ2) is 12.3. The predicted molar refractivity (Wildman–Crippen MR) is 141 cm³/mol. The second-order valence-electron chi connectivity index (χ2n) is 9.41. The summed E-state index contributed by atoms with van der Waals surface area (Å²) in [5.74, 6) is 2.98. The van der Waals surface area contributed by atoms with Gasteiger partial charge in [-0.25, -0.2) is 0 Å². The lowest BCUT2D eigenvalue weighted by molar-refractivity contribution is -0.118. The van der Waals surface area contributed by atoms with E-state index < -0.39 is 15.1 Å². The summed E-state index contributed by atoms with van der Waals surface area (Å²) in [4.78, 5) is 12.1. The van der Waals surface area contributed by atoms with Crippen LogP contribution >= 0.6 is 0 Å². The quantitative estimate of drug-likeness (QED) is 0.384. The Balaban J connectivity index is 2.65. The molecular weight excluding hydrogens is 462 g/mol. The molecule has 8 heteroatoms. The summed E-state index contributed by atoms with van der Waals surface area (Å²) < 4.78 is 28.9. The number of hydrogen-bond donors (Lipinski definition) is 1. The molecule has 2 aromatic rings. The number of ketones is 1. The maximum absolute atomic E-state index is 12.1. The number of benzene rings is 2. The fourth-order valence-corrected chi connectivity index (χ4v) is 4.47. The number of methoxy groups -OCH3 is 4. The van der Waals surface area contributed by atoms with Crippen LogP contribution in [0.25, 0.3) is 0 Å². The first-order valence-corrected chi connectivity index (χ1v) is 13.7. The molecule has 0 aliphatic heterocycles. The maximum atomic E-state index is 12.1. The fraction of sp³-hybridized carbons (Fsp3) is 0.519. The van der Waals surface area contributed by atoms with Gasteiger partial charge in [-0.1, -0.05) is 33.8 Å². The molecule has 2 rings (SSSR count). The van der Waals surface area contributed by atoms with Crippen LogP contribution < -0.4 is 29.1 Å². The van der Waals surface area contributed by atoms with Crippen molar-refractivity contribution in [2.45, 2.75) is 64.6 Å². The lowest BCUT2D eigenvalue weighted by Crippen LogP contribution is -2.29. The van der Waals surface area contributed by atoms with Crippen molar-refractivity contribution in [3.05, 3.63) is 41.0 Å². The Hall–Kier alpha value is -2.71. The van der Waals surface area contributed by atoms with Crippen molar-refractivity contribution < 1.29 is 28.2 Å². The number of carbonyl (C=O) groups excluding carboxylic acids is 1. The van der Waals surface area contributed by atoms with E-state index in [1.54, 1.807) is 28.4 Å². The number of carbonyl (C=O) groups is 1. The van der Waals surface area contributed by atoms with Gasteiger partial charge in [0.25, 0.3) is 9.04 Å². The Morgan fingerprint density at radius 2 is 1.57 bits per heavy atom. The largest absolute Gasteiger partial charge is 0.539 e. The number of nitrogens with two attached hydrogens (primary N) is 1. The lowest BCUT2D eigenvalue weighted by atomic mass is 9.90. The summed E-state index contributed by atoms with van der Waals surface area (Å²) >= 11 is 0. The smallest absolute Gasteiger partial charge is 0.283 e. The van der Waals surface area contributed by atoms with E-state index in [1.165, 1.54) is 0 Å². The van der Waals surface area contributed by atoms with Gasteiger partial charge in [-0.3, -0.25) is 4.79 Å². The average molecular weight is 503 g/mol. The lowest BCUT2D eigenvalue weighted by Gasteiger charge is -2.27. The molecule has 0 aliphatic rings. The molecule has 7 nitrogen and oxygen atoms in total. The minimum atomic E-state index is -1.18.